The molecular formula is C57H38N4S. The van der Waals surface area contributed by atoms with E-state index in [1.54, 1.807) is 11.3 Å². The summed E-state index contributed by atoms with van der Waals surface area (Å²) in [6.07, 6.45) is 0. The quantitative estimate of drug-likeness (QED) is 0.143. The van der Waals surface area contributed by atoms with E-state index >= 15 is 0 Å². The molecule has 0 spiro atoms. The van der Waals surface area contributed by atoms with E-state index in [2.05, 4.69) is 245 Å². The van der Waals surface area contributed by atoms with Gasteiger partial charge in [0, 0.05) is 61.5 Å². The Balaban J connectivity index is 1.03. The molecule has 0 saturated heterocycles. The number of aromatic nitrogens is 2. The predicted molar refractivity (Wildman–Crippen MR) is 264 cm³/mol. The van der Waals surface area contributed by atoms with Gasteiger partial charge in [-0.15, -0.1) is 11.3 Å². The number of hydrogen-bond donors (Lipinski definition) is 0. The molecule has 0 bridgehead atoms. The minimum atomic E-state index is 1.04. The van der Waals surface area contributed by atoms with Gasteiger partial charge in [-0.25, -0.2) is 4.98 Å². The van der Waals surface area contributed by atoms with E-state index in [-0.39, 0.29) is 0 Å². The topological polar surface area (TPSA) is 24.3 Å². The van der Waals surface area contributed by atoms with E-state index in [1.807, 2.05) is 0 Å². The summed E-state index contributed by atoms with van der Waals surface area (Å²) in [5, 5.41) is 8.20. The highest BCUT2D eigenvalue weighted by Gasteiger charge is 2.21. The smallest absolute Gasteiger partial charge is 0.124 e. The molecule has 12 rings (SSSR count). The zero-order valence-electron chi connectivity index (χ0n) is 33.6. The summed E-state index contributed by atoms with van der Waals surface area (Å²) in [7, 11) is 0. The van der Waals surface area contributed by atoms with Gasteiger partial charge in [-0.05, 0) is 113 Å². The molecule has 0 aliphatic rings. The van der Waals surface area contributed by atoms with Gasteiger partial charge in [0.2, 0.25) is 0 Å². The number of para-hydroxylation sites is 4. The summed E-state index contributed by atoms with van der Waals surface area (Å²) in [6, 6.07) is 82.8. The van der Waals surface area contributed by atoms with Crippen LogP contribution in [0.25, 0.3) is 69.8 Å². The zero-order valence-corrected chi connectivity index (χ0v) is 34.5. The normalized spacial score (nSPS) is 11.5. The molecule has 0 fully saturated rings. The second kappa shape index (κ2) is 14.9. The highest BCUT2D eigenvalue weighted by Crippen LogP contribution is 2.44. The fourth-order valence-electron chi connectivity index (χ4n) is 9.14. The van der Waals surface area contributed by atoms with Crippen molar-refractivity contribution in [3.05, 3.63) is 231 Å². The lowest BCUT2D eigenvalue weighted by Gasteiger charge is -2.29. The Kier molecular flexibility index (Phi) is 8.65. The Bertz CT molecular complexity index is 3580. The Labute approximate surface area is 363 Å². The van der Waals surface area contributed by atoms with E-state index in [1.165, 1.54) is 48.1 Å². The number of benzene rings is 10. The van der Waals surface area contributed by atoms with Crippen molar-refractivity contribution in [3.63, 3.8) is 0 Å². The third-order valence-electron chi connectivity index (χ3n) is 11.9. The molecule has 2 heterocycles. The first-order valence-corrected chi connectivity index (χ1v) is 21.8. The first-order chi connectivity index (χ1) is 30.7. The molecule has 0 aliphatic carbocycles. The maximum absolute atomic E-state index is 5.29. The molecule has 0 radical (unpaired) electrons. The largest absolute Gasteiger partial charge is 0.310 e. The van der Waals surface area contributed by atoms with E-state index in [0.717, 1.165) is 55.9 Å². The number of nitrogens with zero attached hydrogens (tertiary/aromatic N) is 4. The van der Waals surface area contributed by atoms with Gasteiger partial charge in [-0.3, -0.25) is 0 Å². The van der Waals surface area contributed by atoms with Gasteiger partial charge in [-0.1, -0.05) is 133 Å². The second-order valence-electron chi connectivity index (χ2n) is 15.6. The molecule has 0 atom stereocenters. The average Bonchev–Trinajstić information content (AvgIpc) is 3.93. The van der Waals surface area contributed by atoms with Crippen molar-refractivity contribution < 1.29 is 0 Å². The van der Waals surface area contributed by atoms with Crippen molar-refractivity contribution in [3.8, 4) is 16.3 Å². The van der Waals surface area contributed by atoms with Crippen LogP contribution in [0.5, 0.6) is 0 Å². The van der Waals surface area contributed by atoms with Crippen LogP contribution in [0.4, 0.5) is 34.1 Å². The molecule has 62 heavy (non-hydrogen) atoms. The van der Waals surface area contributed by atoms with E-state index in [4.69, 9.17) is 4.98 Å². The summed E-state index contributed by atoms with van der Waals surface area (Å²) in [5.41, 5.74) is 12.1. The van der Waals surface area contributed by atoms with Crippen molar-refractivity contribution in [1.29, 1.82) is 0 Å². The van der Waals surface area contributed by atoms with Crippen LogP contribution in [0.15, 0.2) is 231 Å². The zero-order chi connectivity index (χ0) is 41.0. The highest BCUT2D eigenvalue weighted by atomic mass is 32.1. The van der Waals surface area contributed by atoms with Gasteiger partial charge in [0.05, 0.1) is 21.3 Å². The standard InChI is InChI=1S/C57H38N4S/c1-5-16-41(17-6-1)57-58-56-54(62-57)35-31-40-29-28-39-30-32-47(37-50(39)55(40)56)59(42-18-7-2-8-19-42)45-24-15-25-46(36-45)60(43-20-9-3-10-21-43)48-33-34-53-51(38-48)49-26-13-14-27-52(49)61(53)44-22-11-4-12-23-44/h1-38H. The summed E-state index contributed by atoms with van der Waals surface area (Å²) < 4.78 is 3.55. The number of thiazole rings is 1. The Morgan fingerprint density at radius 1 is 0.371 bits per heavy atom. The lowest BCUT2D eigenvalue weighted by molar-refractivity contribution is 1.18. The van der Waals surface area contributed by atoms with Crippen LogP contribution in [-0.2, 0) is 0 Å². The van der Waals surface area contributed by atoms with Crippen LogP contribution in [0.3, 0.4) is 0 Å². The van der Waals surface area contributed by atoms with Crippen molar-refractivity contribution >= 4 is 99.0 Å². The molecule has 5 heteroatoms. The third-order valence-corrected chi connectivity index (χ3v) is 13.0. The fourth-order valence-corrected chi connectivity index (χ4v) is 10.1. The van der Waals surface area contributed by atoms with Crippen LogP contribution in [0.1, 0.15) is 0 Å². The minimum absolute atomic E-state index is 1.04. The summed E-state index contributed by atoms with van der Waals surface area (Å²) in [5.74, 6) is 0. The molecule has 0 N–H and O–H groups in total. The molecule has 0 unspecified atom stereocenters. The molecular weight excluding hydrogens is 773 g/mol. The number of anilines is 6. The molecule has 0 saturated carbocycles. The van der Waals surface area contributed by atoms with Crippen molar-refractivity contribution in [2.45, 2.75) is 0 Å². The summed E-state index contributed by atoms with van der Waals surface area (Å²) in [6.45, 7) is 0. The minimum Gasteiger partial charge on any atom is -0.310 e. The Morgan fingerprint density at radius 2 is 0.887 bits per heavy atom. The van der Waals surface area contributed by atoms with Gasteiger partial charge < -0.3 is 14.4 Å². The Morgan fingerprint density at radius 3 is 1.60 bits per heavy atom. The van der Waals surface area contributed by atoms with Gasteiger partial charge in [-0.2, -0.15) is 0 Å². The van der Waals surface area contributed by atoms with Crippen LogP contribution < -0.4 is 9.80 Å². The van der Waals surface area contributed by atoms with Crippen LogP contribution in [-0.4, -0.2) is 9.55 Å². The maximum atomic E-state index is 5.29. The fraction of sp³-hybridized carbons (Fsp3) is 0. The summed E-state index contributed by atoms with van der Waals surface area (Å²) >= 11 is 1.75. The van der Waals surface area contributed by atoms with E-state index < -0.39 is 0 Å². The van der Waals surface area contributed by atoms with Crippen LogP contribution >= 0.6 is 11.3 Å². The first kappa shape index (κ1) is 35.9. The van der Waals surface area contributed by atoms with Crippen molar-refractivity contribution in [2.75, 3.05) is 9.80 Å². The van der Waals surface area contributed by atoms with E-state index in [9.17, 15) is 0 Å². The Hall–Kier alpha value is -7.99. The maximum Gasteiger partial charge on any atom is 0.124 e. The predicted octanol–water partition coefficient (Wildman–Crippen LogP) is 16.3. The second-order valence-corrected chi connectivity index (χ2v) is 16.6. The van der Waals surface area contributed by atoms with Gasteiger partial charge in [0.25, 0.3) is 0 Å². The molecule has 12 aromatic rings. The number of rotatable bonds is 8. The molecule has 4 nitrogen and oxygen atoms in total. The molecule has 0 amide bonds. The van der Waals surface area contributed by atoms with Crippen molar-refractivity contribution in [1.82, 2.24) is 9.55 Å². The third kappa shape index (κ3) is 6.09. The van der Waals surface area contributed by atoms with Crippen molar-refractivity contribution in [2.24, 2.45) is 0 Å². The number of fused-ring (bicyclic) bond motifs is 8. The number of hydrogen-bond acceptors (Lipinski definition) is 4. The van der Waals surface area contributed by atoms with Gasteiger partial charge in [0.1, 0.15) is 5.01 Å². The molecule has 10 aromatic carbocycles. The first-order valence-electron chi connectivity index (χ1n) is 21.0. The lowest BCUT2D eigenvalue weighted by atomic mass is 10.00. The molecule has 0 aliphatic heterocycles. The van der Waals surface area contributed by atoms with Crippen LogP contribution in [0, 0.1) is 0 Å². The van der Waals surface area contributed by atoms with E-state index in [0.29, 0.717) is 0 Å². The highest BCUT2D eigenvalue weighted by molar-refractivity contribution is 7.21. The van der Waals surface area contributed by atoms with Gasteiger partial charge >= 0.3 is 0 Å². The molecule has 2 aromatic heterocycles. The summed E-state index contributed by atoms with van der Waals surface area (Å²) in [4.78, 5) is 10.0. The SMILES string of the molecule is c1ccc(-c2nc3c(ccc4ccc5ccc(N(c6ccccc6)c6cccc(N(c7ccccc7)c7ccc8c(c7)c7ccccc7n8-c7ccccc7)c6)cc5c43)s2)cc1. The van der Waals surface area contributed by atoms with Crippen LogP contribution in [0.2, 0.25) is 0 Å². The lowest BCUT2D eigenvalue weighted by Crippen LogP contribution is -2.13. The molecule has 292 valence electrons. The van der Waals surface area contributed by atoms with Gasteiger partial charge in [0.15, 0.2) is 0 Å². The average molecular weight is 811 g/mol. The monoisotopic (exact) mass is 810 g/mol.